The average molecular weight is 649 g/mol. The number of amides is 1. The lowest BCUT2D eigenvalue weighted by molar-refractivity contribution is -0.147. The van der Waals surface area contributed by atoms with Crippen molar-refractivity contribution in [2.24, 2.45) is 5.92 Å². The maximum Gasteiger partial charge on any atom is 0.242 e. The van der Waals surface area contributed by atoms with Gasteiger partial charge in [0.15, 0.2) is 12.0 Å². The van der Waals surface area contributed by atoms with Crippen LogP contribution in [0.5, 0.6) is 0 Å². The summed E-state index contributed by atoms with van der Waals surface area (Å²) < 4.78 is 0. The molecule has 7 nitrogen and oxygen atoms in total. The molecule has 1 N–H and O–H groups in total. The van der Waals surface area contributed by atoms with Gasteiger partial charge in [-0.25, -0.2) is 0 Å². The Hall–Kier alpha value is -3.15. The van der Waals surface area contributed by atoms with Gasteiger partial charge in [-0.05, 0) is 73.7 Å². The topological polar surface area (TPSA) is 79.7 Å². The molecule has 0 saturated carbocycles. The quantitative estimate of drug-likeness (QED) is 0.149. The summed E-state index contributed by atoms with van der Waals surface area (Å²) in [5.74, 6) is -0.484. The molecule has 2 saturated heterocycles. The van der Waals surface area contributed by atoms with Crippen LogP contribution in [0.25, 0.3) is 10.8 Å². The molecule has 2 fully saturated rings. The lowest BCUT2D eigenvalue weighted by Crippen LogP contribution is -2.64. The van der Waals surface area contributed by atoms with Crippen LogP contribution in [-0.2, 0) is 10.3 Å². The Balaban J connectivity index is 1.45. The standard InChI is InChI=1S/C36H43Cl2N5O2/c1-26(33(44)30-13-9-11-27-10-5-6-12-29(27)30)36(40-25-39,28-14-15-31(37)32(38)24-28)18-23-42-21-16-35(17-22-42,34(45)41(2)3)43-19-7-4-8-20-43/h5-6,9-15,24,26,40H,4,7-8,16-23H2,1-3H3. The van der Waals surface area contributed by atoms with Crippen molar-refractivity contribution in [1.82, 2.24) is 20.0 Å². The molecule has 2 heterocycles. The van der Waals surface area contributed by atoms with Crippen LogP contribution in [0.2, 0.25) is 10.0 Å². The van der Waals surface area contributed by atoms with Gasteiger partial charge in [-0.15, -0.1) is 0 Å². The molecule has 2 aliphatic heterocycles. The summed E-state index contributed by atoms with van der Waals surface area (Å²) in [5.41, 5.74) is -0.167. The third-order valence-electron chi connectivity index (χ3n) is 10.2. The second-order valence-corrected chi connectivity index (χ2v) is 13.6. The molecule has 2 unspecified atom stereocenters. The molecule has 0 radical (unpaired) electrons. The van der Waals surface area contributed by atoms with Gasteiger partial charge in [0.1, 0.15) is 5.54 Å². The van der Waals surface area contributed by atoms with Gasteiger partial charge in [0, 0.05) is 45.2 Å². The van der Waals surface area contributed by atoms with E-state index in [0.717, 1.165) is 68.2 Å². The number of piperidine rings is 2. The van der Waals surface area contributed by atoms with Gasteiger partial charge in [0.05, 0.1) is 15.6 Å². The zero-order chi connectivity index (χ0) is 32.2. The molecule has 1 amide bonds. The molecule has 3 aromatic rings. The number of benzene rings is 3. The number of Topliss-reactive ketones (excluding diaryl/α,β-unsaturated/α-hetero) is 1. The van der Waals surface area contributed by atoms with Crippen molar-refractivity contribution in [3.8, 4) is 6.19 Å². The average Bonchev–Trinajstić information content (AvgIpc) is 3.07. The molecule has 2 atom stereocenters. The second-order valence-electron chi connectivity index (χ2n) is 12.8. The van der Waals surface area contributed by atoms with E-state index in [9.17, 15) is 14.9 Å². The first-order valence-electron chi connectivity index (χ1n) is 16.0. The highest BCUT2D eigenvalue weighted by Crippen LogP contribution is 2.40. The minimum Gasteiger partial charge on any atom is -0.347 e. The van der Waals surface area contributed by atoms with Gasteiger partial charge >= 0.3 is 0 Å². The Morgan fingerprint density at radius 3 is 2.33 bits per heavy atom. The number of fused-ring (bicyclic) bond motifs is 1. The van der Waals surface area contributed by atoms with E-state index in [1.807, 2.05) is 69.6 Å². The van der Waals surface area contributed by atoms with E-state index in [0.29, 0.717) is 28.6 Å². The number of hydrogen-bond acceptors (Lipinski definition) is 6. The Kier molecular flexibility index (Phi) is 10.4. The number of halogens is 2. The number of carbonyl (C=O) groups excluding carboxylic acids is 2. The van der Waals surface area contributed by atoms with Crippen LogP contribution in [0.3, 0.4) is 0 Å². The first kappa shape index (κ1) is 33.2. The highest BCUT2D eigenvalue weighted by atomic mass is 35.5. The number of nitrogens with one attached hydrogen (secondary N) is 1. The highest BCUT2D eigenvalue weighted by molar-refractivity contribution is 6.42. The predicted molar refractivity (Wildman–Crippen MR) is 181 cm³/mol. The fraction of sp³-hybridized carbons (Fsp3) is 0.472. The first-order valence-corrected chi connectivity index (χ1v) is 16.7. The van der Waals surface area contributed by atoms with Gasteiger partial charge < -0.3 is 15.1 Å². The van der Waals surface area contributed by atoms with Gasteiger partial charge in [-0.2, -0.15) is 5.26 Å². The van der Waals surface area contributed by atoms with Crippen LogP contribution in [0.15, 0.2) is 60.7 Å². The third-order valence-corrected chi connectivity index (χ3v) is 10.9. The van der Waals surface area contributed by atoms with Gasteiger partial charge in [-0.3, -0.25) is 14.5 Å². The number of carbonyl (C=O) groups is 2. The Bertz CT molecular complexity index is 1570. The van der Waals surface area contributed by atoms with Crippen molar-refractivity contribution in [2.75, 3.05) is 46.8 Å². The summed E-state index contributed by atoms with van der Waals surface area (Å²) in [6.45, 7) is 5.95. The van der Waals surface area contributed by atoms with Crippen LogP contribution in [0, 0.1) is 17.4 Å². The van der Waals surface area contributed by atoms with Gasteiger partial charge in [-0.1, -0.05) is 85.1 Å². The number of ketones is 1. The minimum atomic E-state index is -1.04. The Morgan fingerprint density at radius 1 is 0.978 bits per heavy atom. The van der Waals surface area contributed by atoms with Crippen LogP contribution < -0.4 is 5.32 Å². The van der Waals surface area contributed by atoms with Crippen molar-refractivity contribution >= 4 is 45.7 Å². The number of nitrogens with zero attached hydrogens (tertiary/aromatic N) is 4. The summed E-state index contributed by atoms with van der Waals surface area (Å²) >= 11 is 12.9. The number of likely N-dealkylation sites (tertiary alicyclic amines) is 2. The lowest BCUT2D eigenvalue weighted by atomic mass is 9.72. The zero-order valence-corrected chi connectivity index (χ0v) is 28.0. The Labute approximate surface area is 277 Å². The lowest BCUT2D eigenvalue weighted by Gasteiger charge is -2.50. The van der Waals surface area contributed by atoms with Crippen LogP contribution in [0.1, 0.15) is 61.4 Å². The van der Waals surface area contributed by atoms with Crippen molar-refractivity contribution in [3.63, 3.8) is 0 Å². The number of rotatable bonds is 10. The largest absolute Gasteiger partial charge is 0.347 e. The monoisotopic (exact) mass is 647 g/mol. The van der Waals surface area contributed by atoms with E-state index in [2.05, 4.69) is 21.3 Å². The molecular formula is C36H43Cl2N5O2. The smallest absolute Gasteiger partial charge is 0.242 e. The number of hydrogen-bond donors (Lipinski definition) is 1. The molecule has 0 aliphatic carbocycles. The maximum atomic E-state index is 14.4. The second kappa shape index (κ2) is 14.1. The van der Waals surface area contributed by atoms with E-state index in [1.165, 1.54) is 6.42 Å². The normalized spacial score (nSPS) is 19.3. The molecule has 0 spiro atoms. The summed E-state index contributed by atoms with van der Waals surface area (Å²) in [6, 6.07) is 19.0. The van der Waals surface area contributed by atoms with Crippen molar-refractivity contribution in [3.05, 3.63) is 81.8 Å². The summed E-state index contributed by atoms with van der Waals surface area (Å²) in [6.07, 6.45) is 7.63. The van der Waals surface area contributed by atoms with E-state index in [-0.39, 0.29) is 11.7 Å². The maximum absolute atomic E-state index is 14.4. The van der Waals surface area contributed by atoms with E-state index in [4.69, 9.17) is 23.2 Å². The molecule has 3 aromatic carbocycles. The third kappa shape index (κ3) is 6.57. The van der Waals surface area contributed by atoms with Crippen molar-refractivity contribution in [2.45, 2.75) is 56.5 Å². The molecule has 2 aliphatic rings. The van der Waals surface area contributed by atoms with Crippen molar-refractivity contribution in [1.29, 1.82) is 5.26 Å². The zero-order valence-electron chi connectivity index (χ0n) is 26.5. The molecular weight excluding hydrogens is 605 g/mol. The summed E-state index contributed by atoms with van der Waals surface area (Å²) in [7, 11) is 3.71. The van der Waals surface area contributed by atoms with E-state index < -0.39 is 17.0 Å². The van der Waals surface area contributed by atoms with Crippen LogP contribution in [-0.4, -0.2) is 78.7 Å². The van der Waals surface area contributed by atoms with Gasteiger partial charge in [0.25, 0.3) is 0 Å². The molecule has 238 valence electrons. The van der Waals surface area contributed by atoms with E-state index >= 15 is 0 Å². The van der Waals surface area contributed by atoms with Crippen LogP contribution >= 0.6 is 23.2 Å². The number of nitriles is 1. The predicted octanol–water partition coefficient (Wildman–Crippen LogP) is 6.73. The molecule has 9 heteroatoms. The highest BCUT2D eigenvalue weighted by Gasteiger charge is 2.48. The first-order chi connectivity index (χ1) is 21.6. The SMILES string of the molecule is CC(C(=O)c1cccc2ccccc12)C(CCN1CCC(C(=O)N(C)C)(N2CCCCC2)CC1)(NC#N)c1ccc(Cl)c(Cl)c1. The minimum absolute atomic E-state index is 0.0556. The summed E-state index contributed by atoms with van der Waals surface area (Å²) in [4.78, 5) is 34.6. The van der Waals surface area contributed by atoms with Crippen molar-refractivity contribution < 1.29 is 9.59 Å². The summed E-state index contributed by atoms with van der Waals surface area (Å²) in [5, 5.41) is 15.9. The fourth-order valence-electron chi connectivity index (χ4n) is 7.51. The molecule has 0 bridgehead atoms. The fourth-order valence-corrected chi connectivity index (χ4v) is 7.81. The molecule has 45 heavy (non-hydrogen) atoms. The number of likely N-dealkylation sites (N-methyl/N-ethyl adjacent to an activating group) is 1. The molecule has 5 rings (SSSR count). The van der Waals surface area contributed by atoms with E-state index in [1.54, 1.807) is 17.0 Å². The van der Waals surface area contributed by atoms with Gasteiger partial charge in [0.2, 0.25) is 5.91 Å². The van der Waals surface area contributed by atoms with Crippen LogP contribution in [0.4, 0.5) is 0 Å². The Morgan fingerprint density at radius 2 is 1.67 bits per heavy atom. The molecule has 0 aromatic heterocycles.